The van der Waals surface area contributed by atoms with Crippen LogP contribution in [0.5, 0.6) is 0 Å². The number of carbonyl (C=O) groups excluding carboxylic acids is 1. The van der Waals surface area contributed by atoms with Gasteiger partial charge in [0.05, 0.1) is 59.8 Å². The number of rotatable bonds is 20. The first-order valence-corrected chi connectivity index (χ1v) is 12.8. The quantitative estimate of drug-likeness (QED) is 0.0842. The molecule has 34 heavy (non-hydrogen) atoms. The first-order valence-electron chi connectivity index (χ1n) is 11.3. The molecule has 0 rings (SSSR count). The Morgan fingerprint density at radius 3 is 1.76 bits per heavy atom. The Bertz CT molecular complexity index is 654. The highest BCUT2D eigenvalue weighted by atomic mass is 31.2. The van der Waals surface area contributed by atoms with E-state index in [-0.39, 0.29) is 45.2 Å². The van der Waals surface area contributed by atoms with E-state index in [1.807, 2.05) is 21.1 Å². The lowest BCUT2D eigenvalue weighted by Crippen LogP contribution is -2.64. The largest absolute Gasteiger partial charge is 0.477 e. The number of esters is 1. The molecule has 0 saturated carbocycles. The summed E-state index contributed by atoms with van der Waals surface area (Å²) in [6, 6.07) is 0. The van der Waals surface area contributed by atoms with Gasteiger partial charge in [-0.2, -0.15) is 0 Å². The number of likely N-dealkylation sites (N-methyl/N-ethyl adjacent to an activating group) is 1. The summed E-state index contributed by atoms with van der Waals surface area (Å²) in [7, 11) is 0.823. The zero-order valence-electron chi connectivity index (χ0n) is 21.8. The number of ether oxygens (including phenoxy) is 6. The fourth-order valence-electron chi connectivity index (χ4n) is 2.51. The number of hydrogen-bond donors (Lipinski definition) is 1. The number of carbonyl (C=O) groups is 1. The van der Waals surface area contributed by atoms with Crippen molar-refractivity contribution in [2.24, 2.45) is 0 Å². The minimum absolute atomic E-state index is 0.0566. The highest BCUT2D eigenvalue weighted by molar-refractivity contribution is 7.47. The molecule has 0 aromatic carbocycles. The van der Waals surface area contributed by atoms with Crippen molar-refractivity contribution >= 4 is 13.8 Å². The maximum Gasteiger partial charge on any atom is 0.477 e. The second kappa shape index (κ2) is 15.2. The van der Waals surface area contributed by atoms with Gasteiger partial charge in [-0.3, -0.25) is 4.52 Å². The minimum atomic E-state index is -4.85. The Hall–Kier alpha value is -0.920. The molecule has 1 atom stereocenters. The second-order valence-electron chi connectivity index (χ2n) is 7.88. The van der Waals surface area contributed by atoms with E-state index in [1.54, 1.807) is 34.6 Å². The van der Waals surface area contributed by atoms with Crippen LogP contribution in [0.4, 0.5) is 0 Å². The summed E-state index contributed by atoms with van der Waals surface area (Å²) in [5.74, 6) is -6.14. The van der Waals surface area contributed by atoms with Crippen LogP contribution >= 0.6 is 7.82 Å². The topological polar surface area (TPSA) is 128 Å². The lowest BCUT2D eigenvalue weighted by Gasteiger charge is -2.44. The fourth-order valence-corrected chi connectivity index (χ4v) is 3.40. The van der Waals surface area contributed by atoms with Gasteiger partial charge in [-0.05, 0) is 34.6 Å². The highest BCUT2D eigenvalue weighted by Crippen LogP contribution is 2.52. The molecule has 0 aliphatic carbocycles. The van der Waals surface area contributed by atoms with Crippen molar-refractivity contribution in [2.75, 3.05) is 73.9 Å². The number of quaternary nitrogens is 1. The van der Waals surface area contributed by atoms with E-state index >= 15 is 0 Å². The Morgan fingerprint density at radius 1 is 0.882 bits per heavy atom. The molecule has 0 aliphatic heterocycles. The zero-order chi connectivity index (χ0) is 26.5. The van der Waals surface area contributed by atoms with Gasteiger partial charge in [0.15, 0.2) is 0 Å². The molecule has 0 saturated heterocycles. The number of phosphoric ester groups is 1. The third kappa shape index (κ3) is 10.8. The van der Waals surface area contributed by atoms with E-state index in [9.17, 15) is 14.3 Å². The van der Waals surface area contributed by atoms with Crippen molar-refractivity contribution in [3.63, 3.8) is 0 Å². The SMILES string of the molecule is C=C(COCC)C(=O)OC(OCC)(OCC)C(OCC)(OCC)OP(=O)(O)OCC[N+](C)(C)C. The van der Waals surface area contributed by atoms with Crippen LogP contribution in [0.3, 0.4) is 0 Å². The molecular weight excluding hydrogens is 473 g/mol. The third-order valence-corrected chi connectivity index (χ3v) is 4.94. The predicted molar refractivity (Wildman–Crippen MR) is 123 cm³/mol. The van der Waals surface area contributed by atoms with Crippen LogP contribution in [0.25, 0.3) is 0 Å². The van der Waals surface area contributed by atoms with E-state index in [4.69, 9.17) is 37.5 Å². The second-order valence-corrected chi connectivity index (χ2v) is 9.26. The average Bonchev–Trinajstić information content (AvgIpc) is 2.70. The van der Waals surface area contributed by atoms with Crippen molar-refractivity contribution in [1.29, 1.82) is 0 Å². The molecule has 13 heteroatoms. The molecule has 202 valence electrons. The minimum Gasteiger partial charge on any atom is -0.398 e. The lowest BCUT2D eigenvalue weighted by atomic mass is 10.3. The van der Waals surface area contributed by atoms with E-state index in [1.165, 1.54) is 0 Å². The van der Waals surface area contributed by atoms with Crippen molar-refractivity contribution in [2.45, 2.75) is 46.6 Å². The summed E-state index contributed by atoms with van der Waals surface area (Å²) in [6.45, 7) is 11.9. The van der Waals surface area contributed by atoms with Crippen LogP contribution in [-0.4, -0.2) is 101 Å². The lowest BCUT2D eigenvalue weighted by molar-refractivity contribution is -0.870. The number of phosphoric acid groups is 1. The van der Waals surface area contributed by atoms with Gasteiger partial charge in [-0.1, -0.05) is 6.58 Å². The van der Waals surface area contributed by atoms with Gasteiger partial charge in [-0.25, -0.2) is 13.9 Å². The monoisotopic (exact) mass is 516 g/mol. The van der Waals surface area contributed by atoms with E-state index < -0.39 is 25.7 Å². The van der Waals surface area contributed by atoms with Gasteiger partial charge >= 0.3 is 25.7 Å². The molecule has 1 N–H and O–H groups in total. The summed E-state index contributed by atoms with van der Waals surface area (Å²) in [5.41, 5.74) is -0.0566. The van der Waals surface area contributed by atoms with Crippen LogP contribution in [0.2, 0.25) is 0 Å². The van der Waals surface area contributed by atoms with Gasteiger partial charge in [0.25, 0.3) is 0 Å². The van der Waals surface area contributed by atoms with Gasteiger partial charge in [0, 0.05) is 6.61 Å². The molecule has 12 nitrogen and oxygen atoms in total. The maximum absolute atomic E-state index is 12.9. The fraction of sp³-hybridized carbons (Fsp3) is 0.857. The molecule has 0 heterocycles. The highest BCUT2D eigenvalue weighted by Gasteiger charge is 2.66. The molecule has 0 bridgehead atoms. The van der Waals surface area contributed by atoms with Gasteiger partial charge in [0.1, 0.15) is 13.2 Å². The van der Waals surface area contributed by atoms with Crippen LogP contribution < -0.4 is 0 Å². The van der Waals surface area contributed by atoms with Crippen molar-refractivity contribution < 1.29 is 56.2 Å². The summed E-state index contributed by atoms with van der Waals surface area (Å²) < 4.78 is 57.3. The zero-order valence-corrected chi connectivity index (χ0v) is 22.7. The van der Waals surface area contributed by atoms with E-state index in [0.717, 1.165) is 0 Å². The maximum atomic E-state index is 12.9. The van der Waals surface area contributed by atoms with Crippen LogP contribution in [0, 0.1) is 0 Å². The first kappa shape index (κ1) is 33.1. The van der Waals surface area contributed by atoms with Crippen LogP contribution in [-0.2, 0) is 46.8 Å². The van der Waals surface area contributed by atoms with E-state index in [2.05, 4.69) is 6.58 Å². The molecular formula is C21H43NO11P+. The molecule has 0 amide bonds. The Labute approximate surface area is 203 Å². The van der Waals surface area contributed by atoms with Crippen molar-refractivity contribution in [3.8, 4) is 0 Å². The molecule has 0 aromatic rings. The molecule has 0 aromatic heterocycles. The standard InChI is InChI=1S/C21H42NO11P/c1-10-26-17-18(6)19(23)32-20(27-11-2,28-12-3)21(29-13-4,30-14-5)33-34(24,25)31-16-15-22(7,8)9/h6,10-17H2,1-5,7-9H3/p+1. The van der Waals surface area contributed by atoms with Crippen molar-refractivity contribution in [3.05, 3.63) is 12.2 Å². The predicted octanol–water partition coefficient (Wildman–Crippen LogP) is 2.42. The molecule has 0 fully saturated rings. The van der Waals surface area contributed by atoms with Crippen LogP contribution in [0.15, 0.2) is 12.2 Å². The number of nitrogens with zero attached hydrogens (tertiary/aromatic N) is 1. The molecule has 0 radical (unpaired) electrons. The Kier molecular flexibility index (Phi) is 14.8. The van der Waals surface area contributed by atoms with Crippen LogP contribution in [0.1, 0.15) is 34.6 Å². The first-order chi connectivity index (χ1) is 15.8. The average molecular weight is 517 g/mol. The van der Waals surface area contributed by atoms with Gasteiger partial charge < -0.3 is 37.8 Å². The normalized spacial score (nSPS) is 14.6. The smallest absolute Gasteiger partial charge is 0.398 e. The summed E-state index contributed by atoms with van der Waals surface area (Å²) in [6.07, 6.45) is 0. The third-order valence-electron chi connectivity index (χ3n) is 3.96. The Morgan fingerprint density at radius 2 is 1.35 bits per heavy atom. The molecule has 1 unspecified atom stereocenters. The molecule has 0 aliphatic rings. The van der Waals surface area contributed by atoms with Crippen molar-refractivity contribution in [1.82, 2.24) is 0 Å². The summed E-state index contributed by atoms with van der Waals surface area (Å²) in [5, 5.41) is 0. The summed E-state index contributed by atoms with van der Waals surface area (Å²) >= 11 is 0. The van der Waals surface area contributed by atoms with Gasteiger partial charge in [-0.15, -0.1) is 0 Å². The Balaban J connectivity index is 6.34. The van der Waals surface area contributed by atoms with E-state index in [0.29, 0.717) is 17.6 Å². The van der Waals surface area contributed by atoms with Gasteiger partial charge in [0.2, 0.25) is 0 Å². The number of hydrogen-bond acceptors (Lipinski definition) is 10. The summed E-state index contributed by atoms with van der Waals surface area (Å²) in [4.78, 5) is 23.3. The molecule has 0 spiro atoms.